The summed E-state index contributed by atoms with van der Waals surface area (Å²) in [5.74, 6) is 0.506. The van der Waals surface area contributed by atoms with Crippen LogP contribution in [0.3, 0.4) is 0 Å². The molecule has 0 bridgehead atoms. The van der Waals surface area contributed by atoms with Crippen molar-refractivity contribution in [2.24, 2.45) is 0 Å². The van der Waals surface area contributed by atoms with E-state index in [0.29, 0.717) is 23.7 Å². The Balaban J connectivity index is 2.07. The van der Waals surface area contributed by atoms with Gasteiger partial charge < -0.3 is 9.88 Å². The van der Waals surface area contributed by atoms with Gasteiger partial charge >= 0.3 is 0 Å². The van der Waals surface area contributed by atoms with Crippen LogP contribution in [0.15, 0.2) is 17.2 Å². The molecule has 1 fully saturated rings. The fourth-order valence-corrected chi connectivity index (χ4v) is 3.31. The third kappa shape index (κ3) is 3.07. The molecule has 0 aliphatic heterocycles. The van der Waals surface area contributed by atoms with Crippen molar-refractivity contribution < 1.29 is 0 Å². The maximum Gasteiger partial charge on any atom is 0.293 e. The molecular weight excluding hydrogens is 246 g/mol. The van der Waals surface area contributed by atoms with Gasteiger partial charge in [-0.3, -0.25) is 4.79 Å². The molecule has 1 aromatic heterocycles. The number of anilines is 1. The largest absolute Gasteiger partial charge is 0.363 e. The minimum Gasteiger partial charge on any atom is -0.363 e. The summed E-state index contributed by atoms with van der Waals surface area (Å²) in [6, 6.07) is 0.393. The first-order valence-corrected chi connectivity index (χ1v) is 7.88. The topological polar surface area (TPSA) is 46.9 Å². The highest BCUT2D eigenvalue weighted by Gasteiger charge is 2.22. The summed E-state index contributed by atoms with van der Waals surface area (Å²) in [5, 5.41) is 4.05. The van der Waals surface area contributed by atoms with Gasteiger partial charge in [-0.2, -0.15) is 11.8 Å². The summed E-state index contributed by atoms with van der Waals surface area (Å²) in [5.41, 5.74) is -0.00808. The predicted molar refractivity (Wildman–Crippen MR) is 77.4 cm³/mol. The fourth-order valence-electron chi connectivity index (χ4n) is 2.48. The molecule has 0 saturated heterocycles. The first kappa shape index (κ1) is 13.5. The van der Waals surface area contributed by atoms with E-state index < -0.39 is 0 Å². The van der Waals surface area contributed by atoms with Crippen LogP contribution in [0.2, 0.25) is 0 Å². The van der Waals surface area contributed by atoms with Crippen molar-refractivity contribution in [1.82, 2.24) is 9.55 Å². The van der Waals surface area contributed by atoms with Crippen molar-refractivity contribution in [3.8, 4) is 0 Å². The van der Waals surface area contributed by atoms with Gasteiger partial charge in [0, 0.05) is 30.2 Å². The molecule has 4 nitrogen and oxygen atoms in total. The number of nitrogens with zero attached hydrogens (tertiary/aromatic N) is 2. The molecule has 0 amide bonds. The Morgan fingerprint density at radius 2 is 2.39 bits per heavy atom. The SMILES string of the molecule is CCn1ccnc(NC2CCCC(SC)C2)c1=O. The lowest BCUT2D eigenvalue weighted by atomic mass is 9.95. The molecule has 0 aromatic carbocycles. The monoisotopic (exact) mass is 267 g/mol. The molecule has 0 radical (unpaired) electrons. The number of aryl methyl sites for hydroxylation is 1. The Morgan fingerprint density at radius 1 is 1.56 bits per heavy atom. The maximum absolute atomic E-state index is 12.1. The zero-order chi connectivity index (χ0) is 13.0. The summed E-state index contributed by atoms with van der Waals surface area (Å²) in [7, 11) is 0. The number of rotatable bonds is 4. The summed E-state index contributed by atoms with van der Waals surface area (Å²) < 4.78 is 1.68. The van der Waals surface area contributed by atoms with Gasteiger partial charge in [0.15, 0.2) is 5.82 Å². The van der Waals surface area contributed by atoms with Crippen LogP contribution in [-0.2, 0) is 6.54 Å². The number of hydrogen-bond acceptors (Lipinski definition) is 4. The van der Waals surface area contributed by atoms with Gasteiger partial charge in [0.1, 0.15) is 0 Å². The molecule has 1 N–H and O–H groups in total. The van der Waals surface area contributed by atoms with Crippen molar-refractivity contribution in [1.29, 1.82) is 0 Å². The standard InChI is InChI=1S/C13H21N3OS/c1-3-16-8-7-14-12(13(16)17)15-10-5-4-6-11(9-10)18-2/h7-8,10-11H,3-6,9H2,1-2H3,(H,14,15). The molecule has 2 unspecified atom stereocenters. The van der Waals surface area contributed by atoms with E-state index in [4.69, 9.17) is 0 Å². The van der Waals surface area contributed by atoms with E-state index in [1.165, 1.54) is 12.8 Å². The first-order valence-electron chi connectivity index (χ1n) is 6.59. The van der Waals surface area contributed by atoms with E-state index in [2.05, 4.69) is 16.6 Å². The van der Waals surface area contributed by atoms with Crippen LogP contribution < -0.4 is 10.9 Å². The van der Waals surface area contributed by atoms with E-state index >= 15 is 0 Å². The molecule has 1 aliphatic carbocycles. The minimum absolute atomic E-state index is 0.00808. The van der Waals surface area contributed by atoms with E-state index in [1.807, 2.05) is 18.7 Å². The Morgan fingerprint density at radius 3 is 3.11 bits per heavy atom. The highest BCUT2D eigenvalue weighted by Crippen LogP contribution is 2.27. The number of thioether (sulfide) groups is 1. The van der Waals surface area contributed by atoms with Crippen LogP contribution in [0.25, 0.3) is 0 Å². The molecule has 5 heteroatoms. The van der Waals surface area contributed by atoms with Crippen molar-refractivity contribution in [2.75, 3.05) is 11.6 Å². The summed E-state index contributed by atoms with van der Waals surface area (Å²) in [6.45, 7) is 2.66. The minimum atomic E-state index is -0.00808. The highest BCUT2D eigenvalue weighted by atomic mass is 32.2. The van der Waals surface area contributed by atoms with Crippen molar-refractivity contribution in [3.05, 3.63) is 22.7 Å². The first-order chi connectivity index (χ1) is 8.74. The predicted octanol–water partition coefficient (Wildman–Crippen LogP) is 2.35. The Bertz CT molecular complexity index is 446. The van der Waals surface area contributed by atoms with Crippen LogP contribution in [0.1, 0.15) is 32.6 Å². The molecule has 1 saturated carbocycles. The number of aromatic nitrogens is 2. The summed E-state index contributed by atoms with van der Waals surface area (Å²) in [6.07, 6.45) is 10.4. The average Bonchev–Trinajstić information content (AvgIpc) is 2.41. The molecule has 100 valence electrons. The summed E-state index contributed by atoms with van der Waals surface area (Å²) >= 11 is 1.93. The Kier molecular flexibility index (Phi) is 4.69. The van der Waals surface area contributed by atoms with Crippen molar-refractivity contribution >= 4 is 17.6 Å². The molecule has 1 heterocycles. The lowest BCUT2D eigenvalue weighted by Gasteiger charge is -2.28. The average molecular weight is 267 g/mol. The Labute approximate surface area is 112 Å². The van der Waals surface area contributed by atoms with Crippen molar-refractivity contribution in [3.63, 3.8) is 0 Å². The van der Waals surface area contributed by atoms with Crippen LogP contribution in [0.5, 0.6) is 0 Å². The third-order valence-electron chi connectivity index (χ3n) is 3.55. The quantitative estimate of drug-likeness (QED) is 0.909. The maximum atomic E-state index is 12.1. The molecule has 18 heavy (non-hydrogen) atoms. The lowest BCUT2D eigenvalue weighted by molar-refractivity contribution is 0.472. The van der Waals surface area contributed by atoms with Gasteiger partial charge in [-0.05, 0) is 32.4 Å². The number of nitrogens with one attached hydrogen (secondary N) is 1. The molecule has 2 rings (SSSR count). The molecule has 1 aliphatic rings. The van der Waals surface area contributed by atoms with Gasteiger partial charge in [-0.25, -0.2) is 4.98 Å². The van der Waals surface area contributed by atoms with Crippen LogP contribution in [0.4, 0.5) is 5.82 Å². The lowest BCUT2D eigenvalue weighted by Crippen LogP contribution is -2.33. The zero-order valence-electron chi connectivity index (χ0n) is 11.1. The molecular formula is C13H21N3OS. The highest BCUT2D eigenvalue weighted by molar-refractivity contribution is 7.99. The third-order valence-corrected chi connectivity index (χ3v) is 4.65. The van der Waals surface area contributed by atoms with Gasteiger partial charge in [0.05, 0.1) is 0 Å². The second-order valence-electron chi connectivity index (χ2n) is 4.73. The fraction of sp³-hybridized carbons (Fsp3) is 0.692. The van der Waals surface area contributed by atoms with Crippen LogP contribution in [0, 0.1) is 0 Å². The smallest absolute Gasteiger partial charge is 0.293 e. The molecule has 0 spiro atoms. The zero-order valence-corrected chi connectivity index (χ0v) is 11.9. The van der Waals surface area contributed by atoms with Crippen LogP contribution >= 0.6 is 11.8 Å². The normalized spacial score (nSPS) is 23.9. The Hall–Kier alpha value is -0.970. The van der Waals surface area contributed by atoms with E-state index in [-0.39, 0.29) is 5.56 Å². The van der Waals surface area contributed by atoms with Gasteiger partial charge in [0.2, 0.25) is 0 Å². The van der Waals surface area contributed by atoms with Crippen molar-refractivity contribution in [2.45, 2.75) is 50.4 Å². The van der Waals surface area contributed by atoms with E-state index in [0.717, 1.165) is 12.8 Å². The van der Waals surface area contributed by atoms with Crippen LogP contribution in [-0.4, -0.2) is 27.1 Å². The second-order valence-corrected chi connectivity index (χ2v) is 5.87. The van der Waals surface area contributed by atoms with E-state index in [9.17, 15) is 4.79 Å². The number of hydrogen-bond donors (Lipinski definition) is 1. The van der Waals surface area contributed by atoms with E-state index in [1.54, 1.807) is 17.0 Å². The molecule has 1 aromatic rings. The van der Waals surface area contributed by atoms with Gasteiger partial charge in [-0.15, -0.1) is 0 Å². The van der Waals surface area contributed by atoms with Gasteiger partial charge in [-0.1, -0.05) is 6.42 Å². The van der Waals surface area contributed by atoms with Gasteiger partial charge in [0.25, 0.3) is 5.56 Å². The summed E-state index contributed by atoms with van der Waals surface area (Å²) in [4.78, 5) is 16.2. The molecule has 2 atom stereocenters. The second kappa shape index (κ2) is 6.27.